The topological polar surface area (TPSA) is 49.8 Å². The summed E-state index contributed by atoms with van der Waals surface area (Å²) < 4.78 is 19.4. The molecule has 0 saturated carbocycles. The molecule has 0 radical (unpaired) electrons. The molecule has 0 aliphatic rings. The van der Waals surface area contributed by atoms with Crippen LogP contribution in [-0.4, -0.2) is 41.2 Å². The molecule has 0 fully saturated rings. The number of hydrogen-bond donors (Lipinski definition) is 1. The lowest BCUT2D eigenvalue weighted by Gasteiger charge is -2.27. The van der Waals surface area contributed by atoms with Crippen LogP contribution in [0, 0.1) is 5.82 Å². The monoisotopic (exact) mass is 347 g/mol. The fourth-order valence-corrected chi connectivity index (χ4v) is 2.03. The average molecular weight is 348 g/mol. The van der Waals surface area contributed by atoms with E-state index in [1.165, 1.54) is 17.0 Å². The van der Waals surface area contributed by atoms with Gasteiger partial charge in [-0.3, -0.25) is 4.79 Å². The molecule has 112 valence electrons. The van der Waals surface area contributed by atoms with Crippen molar-refractivity contribution >= 4 is 21.8 Å². The number of aliphatic hydroxyl groups excluding tert-OH is 1. The number of benzene rings is 1. The number of carbonyl (C=O) groups excluding carboxylic acids is 1. The van der Waals surface area contributed by atoms with Gasteiger partial charge in [-0.1, -0.05) is 15.9 Å². The molecule has 1 rings (SSSR count). The first-order chi connectivity index (χ1) is 9.31. The molecular weight excluding hydrogens is 329 g/mol. The van der Waals surface area contributed by atoms with Gasteiger partial charge in [0.2, 0.25) is 0 Å². The molecule has 6 heteroatoms. The van der Waals surface area contributed by atoms with Crippen LogP contribution in [0.3, 0.4) is 0 Å². The summed E-state index contributed by atoms with van der Waals surface area (Å²) in [5, 5.41) is 9.38. The first kappa shape index (κ1) is 16.9. The van der Waals surface area contributed by atoms with E-state index in [1.54, 1.807) is 13.0 Å². The maximum Gasteiger partial charge on any atom is 0.260 e. The van der Waals surface area contributed by atoms with Crippen molar-refractivity contribution in [3.63, 3.8) is 0 Å². The quantitative estimate of drug-likeness (QED) is 0.860. The van der Waals surface area contributed by atoms with Gasteiger partial charge in [0.25, 0.3) is 5.91 Å². The van der Waals surface area contributed by atoms with Gasteiger partial charge in [-0.05, 0) is 39.0 Å². The zero-order valence-electron chi connectivity index (χ0n) is 11.8. The summed E-state index contributed by atoms with van der Waals surface area (Å²) in [5.41, 5.74) is 0. The van der Waals surface area contributed by atoms with Gasteiger partial charge in [0, 0.05) is 17.1 Å². The van der Waals surface area contributed by atoms with Crippen molar-refractivity contribution in [3.8, 4) is 5.75 Å². The Balaban J connectivity index is 2.65. The van der Waals surface area contributed by atoms with Crippen LogP contribution >= 0.6 is 15.9 Å². The third kappa shape index (κ3) is 5.09. The van der Waals surface area contributed by atoms with E-state index in [0.29, 0.717) is 4.47 Å². The highest BCUT2D eigenvalue weighted by Crippen LogP contribution is 2.21. The highest BCUT2D eigenvalue weighted by molar-refractivity contribution is 9.10. The average Bonchev–Trinajstić information content (AvgIpc) is 2.34. The second-order valence-corrected chi connectivity index (χ2v) is 5.77. The van der Waals surface area contributed by atoms with E-state index in [4.69, 9.17) is 4.74 Å². The first-order valence-corrected chi connectivity index (χ1v) is 7.16. The molecule has 0 aromatic heterocycles. The van der Waals surface area contributed by atoms with Gasteiger partial charge in [-0.25, -0.2) is 4.39 Å². The highest BCUT2D eigenvalue weighted by atomic mass is 79.9. The molecule has 0 spiro atoms. The zero-order valence-corrected chi connectivity index (χ0v) is 13.4. The van der Waals surface area contributed by atoms with Crippen LogP contribution in [0.25, 0.3) is 0 Å². The Labute approximate surface area is 126 Å². The lowest BCUT2D eigenvalue weighted by molar-refractivity contribution is -0.136. The van der Waals surface area contributed by atoms with Crippen LogP contribution < -0.4 is 4.74 Å². The lowest BCUT2D eigenvalue weighted by atomic mass is 10.2. The van der Waals surface area contributed by atoms with Crippen LogP contribution in [0.2, 0.25) is 0 Å². The zero-order chi connectivity index (χ0) is 15.3. The van der Waals surface area contributed by atoms with Crippen LogP contribution in [0.15, 0.2) is 22.7 Å². The van der Waals surface area contributed by atoms with Crippen molar-refractivity contribution in [2.24, 2.45) is 0 Å². The molecule has 0 heterocycles. The van der Waals surface area contributed by atoms with Crippen molar-refractivity contribution in [1.82, 2.24) is 4.90 Å². The van der Waals surface area contributed by atoms with Crippen molar-refractivity contribution in [2.75, 3.05) is 13.2 Å². The van der Waals surface area contributed by atoms with E-state index in [1.807, 2.05) is 13.8 Å². The molecule has 1 aromatic rings. The van der Waals surface area contributed by atoms with E-state index < -0.39 is 11.9 Å². The molecule has 0 saturated heterocycles. The number of aliphatic hydroxyl groups is 1. The second-order valence-electron chi connectivity index (χ2n) is 4.85. The smallest absolute Gasteiger partial charge is 0.260 e. The van der Waals surface area contributed by atoms with E-state index in [9.17, 15) is 14.3 Å². The standard InChI is InChI=1S/C14H19BrFNO3/c1-9(2)17(7-10(3)18)14(19)8-20-13-5-4-11(15)6-12(13)16/h4-6,9-10,18H,7-8H2,1-3H3. The molecule has 1 atom stereocenters. The van der Waals surface area contributed by atoms with E-state index in [2.05, 4.69) is 15.9 Å². The van der Waals surface area contributed by atoms with Crippen LogP contribution in [0.5, 0.6) is 5.75 Å². The van der Waals surface area contributed by atoms with Crippen LogP contribution in [-0.2, 0) is 4.79 Å². The first-order valence-electron chi connectivity index (χ1n) is 6.36. The van der Waals surface area contributed by atoms with Gasteiger partial charge >= 0.3 is 0 Å². The molecule has 1 unspecified atom stereocenters. The molecule has 4 nitrogen and oxygen atoms in total. The molecule has 0 aliphatic carbocycles. The van der Waals surface area contributed by atoms with Crippen molar-refractivity contribution in [1.29, 1.82) is 0 Å². The Morgan fingerprint density at radius 3 is 2.60 bits per heavy atom. The molecule has 20 heavy (non-hydrogen) atoms. The number of carbonyl (C=O) groups is 1. The minimum atomic E-state index is -0.620. The van der Waals surface area contributed by atoms with Crippen molar-refractivity contribution < 1.29 is 19.0 Å². The number of hydrogen-bond acceptors (Lipinski definition) is 3. The Morgan fingerprint density at radius 1 is 1.45 bits per heavy atom. The maximum absolute atomic E-state index is 13.6. The number of rotatable bonds is 6. The summed E-state index contributed by atoms with van der Waals surface area (Å²) in [6.07, 6.45) is -0.620. The fraction of sp³-hybridized carbons (Fsp3) is 0.500. The number of amides is 1. The van der Waals surface area contributed by atoms with Gasteiger partial charge in [-0.15, -0.1) is 0 Å². The van der Waals surface area contributed by atoms with Crippen molar-refractivity contribution in [2.45, 2.75) is 32.9 Å². The Hall–Kier alpha value is -1.14. The van der Waals surface area contributed by atoms with Crippen molar-refractivity contribution in [3.05, 3.63) is 28.5 Å². The van der Waals surface area contributed by atoms with Gasteiger partial charge in [0.15, 0.2) is 18.2 Å². The van der Waals surface area contributed by atoms with Gasteiger partial charge in [-0.2, -0.15) is 0 Å². The summed E-state index contributed by atoms with van der Waals surface area (Å²) >= 11 is 3.15. The summed E-state index contributed by atoms with van der Waals surface area (Å²) in [6.45, 7) is 5.27. The molecule has 1 amide bonds. The van der Waals surface area contributed by atoms with E-state index >= 15 is 0 Å². The molecular formula is C14H19BrFNO3. The number of ether oxygens (including phenoxy) is 1. The summed E-state index contributed by atoms with van der Waals surface area (Å²) in [7, 11) is 0. The predicted molar refractivity (Wildman–Crippen MR) is 78.1 cm³/mol. The number of halogens is 2. The van der Waals surface area contributed by atoms with Gasteiger partial charge in [0.05, 0.1) is 6.10 Å². The van der Waals surface area contributed by atoms with E-state index in [0.717, 1.165) is 0 Å². The second kappa shape index (κ2) is 7.59. The summed E-state index contributed by atoms with van der Waals surface area (Å²) in [4.78, 5) is 13.5. The minimum Gasteiger partial charge on any atom is -0.481 e. The third-order valence-electron chi connectivity index (χ3n) is 2.65. The SMILES string of the molecule is CC(O)CN(C(=O)COc1ccc(Br)cc1F)C(C)C. The predicted octanol–water partition coefficient (Wildman–Crippen LogP) is 2.58. The number of nitrogens with zero attached hydrogens (tertiary/aromatic N) is 1. The molecule has 0 bridgehead atoms. The fourth-order valence-electron chi connectivity index (χ4n) is 1.70. The Bertz CT molecular complexity index is 466. The summed E-state index contributed by atoms with van der Waals surface area (Å²) in [5.74, 6) is -0.788. The normalized spacial score (nSPS) is 12.3. The maximum atomic E-state index is 13.6. The molecule has 1 N–H and O–H groups in total. The lowest BCUT2D eigenvalue weighted by Crippen LogP contribution is -2.43. The highest BCUT2D eigenvalue weighted by Gasteiger charge is 2.19. The molecule has 0 aliphatic heterocycles. The third-order valence-corrected chi connectivity index (χ3v) is 3.14. The van der Waals surface area contributed by atoms with Gasteiger partial charge < -0.3 is 14.7 Å². The minimum absolute atomic E-state index is 0.0299. The van der Waals surface area contributed by atoms with E-state index in [-0.39, 0.29) is 30.9 Å². The largest absolute Gasteiger partial charge is 0.481 e. The summed E-state index contributed by atoms with van der Waals surface area (Å²) in [6, 6.07) is 4.31. The van der Waals surface area contributed by atoms with Crippen LogP contribution in [0.4, 0.5) is 4.39 Å². The molecule has 1 aromatic carbocycles. The Morgan fingerprint density at radius 2 is 2.10 bits per heavy atom. The Kier molecular flexibility index (Phi) is 6.42. The van der Waals surface area contributed by atoms with Crippen LogP contribution in [0.1, 0.15) is 20.8 Å². The van der Waals surface area contributed by atoms with Gasteiger partial charge in [0.1, 0.15) is 0 Å².